The molecule has 2 aliphatic rings. The zero-order valence-corrected chi connectivity index (χ0v) is 12.2. The number of carbonyl (C=O) groups excluding carboxylic acids is 2. The Bertz CT molecular complexity index is 538. The van der Waals surface area contributed by atoms with Gasteiger partial charge in [-0.2, -0.15) is 0 Å². The number of amides is 2. The molecule has 2 saturated heterocycles. The zero-order chi connectivity index (χ0) is 14.9. The first-order valence-corrected chi connectivity index (χ1v) is 7.34. The smallest absolute Gasteiger partial charge is 0.250 e. The van der Waals surface area contributed by atoms with Crippen molar-refractivity contribution in [2.24, 2.45) is 0 Å². The molecule has 2 atom stereocenters. The van der Waals surface area contributed by atoms with E-state index in [0.29, 0.717) is 6.61 Å². The third kappa shape index (κ3) is 2.65. The van der Waals surface area contributed by atoms with Crippen molar-refractivity contribution in [3.05, 3.63) is 35.9 Å². The fourth-order valence-electron chi connectivity index (χ4n) is 3.11. The van der Waals surface area contributed by atoms with Crippen LogP contribution in [0.2, 0.25) is 0 Å². The summed E-state index contributed by atoms with van der Waals surface area (Å²) in [5, 5.41) is 2.80. The first kappa shape index (κ1) is 14.1. The van der Waals surface area contributed by atoms with E-state index in [9.17, 15) is 9.59 Å². The topological polar surface area (TPSA) is 58.6 Å². The molecule has 0 aliphatic carbocycles. The lowest BCUT2D eigenvalue weighted by molar-refractivity contribution is -0.156. The van der Waals surface area contributed by atoms with Crippen LogP contribution in [0, 0.1) is 0 Å². The minimum absolute atomic E-state index is 0.0474. The molecule has 1 N–H and O–H groups in total. The predicted octanol–water partition coefficient (Wildman–Crippen LogP) is 1.26. The summed E-state index contributed by atoms with van der Waals surface area (Å²) in [6.45, 7) is 3.34. The van der Waals surface area contributed by atoms with Gasteiger partial charge in [0.05, 0.1) is 12.1 Å². The van der Waals surface area contributed by atoms with Gasteiger partial charge in [0.25, 0.3) is 5.91 Å². The van der Waals surface area contributed by atoms with Crippen molar-refractivity contribution in [3.63, 3.8) is 0 Å². The molecule has 0 bridgehead atoms. The van der Waals surface area contributed by atoms with E-state index in [1.165, 1.54) is 0 Å². The van der Waals surface area contributed by atoms with Crippen LogP contribution >= 0.6 is 0 Å². The maximum absolute atomic E-state index is 12.8. The summed E-state index contributed by atoms with van der Waals surface area (Å²) in [5.41, 5.74) is 0.431. The van der Waals surface area contributed by atoms with Crippen molar-refractivity contribution in [1.82, 2.24) is 10.2 Å². The first-order valence-electron chi connectivity index (χ1n) is 7.34. The minimum Gasteiger partial charge on any atom is -0.379 e. The molecule has 5 heteroatoms. The van der Waals surface area contributed by atoms with E-state index < -0.39 is 6.04 Å². The van der Waals surface area contributed by atoms with Gasteiger partial charge in [0.2, 0.25) is 5.91 Å². The lowest BCUT2D eigenvalue weighted by atomic mass is 9.90. The molecule has 2 fully saturated rings. The Balaban J connectivity index is 1.88. The van der Waals surface area contributed by atoms with Gasteiger partial charge in [-0.3, -0.25) is 9.59 Å². The molecule has 0 saturated carbocycles. The van der Waals surface area contributed by atoms with Crippen LogP contribution in [0.15, 0.2) is 30.3 Å². The van der Waals surface area contributed by atoms with Gasteiger partial charge in [0.1, 0.15) is 12.6 Å². The fraction of sp³-hybridized carbons (Fsp3) is 0.500. The average molecular weight is 288 g/mol. The van der Waals surface area contributed by atoms with E-state index in [2.05, 4.69) is 5.32 Å². The SMILES string of the molecule is CC1(N2CC(=O)NC(c3ccccc3)C2=O)CCCOC1. The number of rotatable bonds is 2. The second-order valence-electron chi connectivity index (χ2n) is 5.99. The molecular formula is C16H20N2O3. The Morgan fingerprint density at radius 3 is 2.71 bits per heavy atom. The lowest BCUT2D eigenvalue weighted by Crippen LogP contribution is -2.63. The zero-order valence-electron chi connectivity index (χ0n) is 12.2. The third-order valence-electron chi connectivity index (χ3n) is 4.32. The van der Waals surface area contributed by atoms with Crippen LogP contribution in [0.5, 0.6) is 0 Å². The van der Waals surface area contributed by atoms with Crippen molar-refractivity contribution < 1.29 is 14.3 Å². The van der Waals surface area contributed by atoms with Crippen LogP contribution in [0.25, 0.3) is 0 Å². The van der Waals surface area contributed by atoms with Crippen LogP contribution in [-0.2, 0) is 14.3 Å². The Labute approximate surface area is 124 Å². The number of hydrogen-bond acceptors (Lipinski definition) is 3. The van der Waals surface area contributed by atoms with Crippen molar-refractivity contribution in [2.45, 2.75) is 31.3 Å². The Morgan fingerprint density at radius 1 is 1.29 bits per heavy atom. The summed E-state index contributed by atoms with van der Waals surface area (Å²) >= 11 is 0. The summed E-state index contributed by atoms with van der Waals surface area (Å²) in [7, 11) is 0. The monoisotopic (exact) mass is 288 g/mol. The molecule has 0 spiro atoms. The Kier molecular flexibility index (Phi) is 3.68. The molecule has 1 aromatic rings. The standard InChI is InChI=1S/C16H20N2O3/c1-16(8-5-9-21-11-16)18-10-13(19)17-14(15(18)20)12-6-3-2-4-7-12/h2-4,6-7,14H,5,8-11H2,1H3,(H,17,19). The molecule has 2 aliphatic heterocycles. The first-order chi connectivity index (χ1) is 10.1. The van der Waals surface area contributed by atoms with Crippen molar-refractivity contribution in [2.75, 3.05) is 19.8 Å². The summed E-state index contributed by atoms with van der Waals surface area (Å²) in [6.07, 6.45) is 1.78. The molecule has 1 aromatic carbocycles. The molecule has 2 amide bonds. The van der Waals surface area contributed by atoms with Gasteiger partial charge in [-0.25, -0.2) is 0 Å². The number of benzene rings is 1. The number of nitrogens with zero attached hydrogens (tertiary/aromatic N) is 1. The quantitative estimate of drug-likeness (QED) is 0.891. The number of nitrogens with one attached hydrogen (secondary N) is 1. The van der Waals surface area contributed by atoms with Gasteiger partial charge >= 0.3 is 0 Å². The van der Waals surface area contributed by atoms with E-state index >= 15 is 0 Å². The Hall–Kier alpha value is -1.88. The molecule has 5 nitrogen and oxygen atoms in total. The normalized spacial score (nSPS) is 30.1. The van der Waals surface area contributed by atoms with Gasteiger partial charge < -0.3 is 15.0 Å². The summed E-state index contributed by atoms with van der Waals surface area (Å²) < 4.78 is 5.54. The molecule has 3 rings (SSSR count). The third-order valence-corrected chi connectivity index (χ3v) is 4.32. The molecule has 2 unspecified atom stereocenters. The highest BCUT2D eigenvalue weighted by Gasteiger charge is 2.44. The second kappa shape index (κ2) is 5.48. The van der Waals surface area contributed by atoms with Gasteiger partial charge in [-0.15, -0.1) is 0 Å². The van der Waals surface area contributed by atoms with Crippen LogP contribution in [-0.4, -0.2) is 42.0 Å². The van der Waals surface area contributed by atoms with Gasteiger partial charge in [0, 0.05) is 6.61 Å². The molecule has 112 valence electrons. The second-order valence-corrected chi connectivity index (χ2v) is 5.99. The van der Waals surface area contributed by atoms with Crippen molar-refractivity contribution >= 4 is 11.8 Å². The molecule has 21 heavy (non-hydrogen) atoms. The van der Waals surface area contributed by atoms with Crippen LogP contribution < -0.4 is 5.32 Å². The van der Waals surface area contributed by atoms with E-state index in [1.54, 1.807) is 4.90 Å². The van der Waals surface area contributed by atoms with Crippen LogP contribution in [0.3, 0.4) is 0 Å². The van der Waals surface area contributed by atoms with E-state index in [4.69, 9.17) is 4.74 Å². The van der Waals surface area contributed by atoms with Gasteiger partial charge in [-0.1, -0.05) is 30.3 Å². The Morgan fingerprint density at radius 2 is 2.05 bits per heavy atom. The largest absolute Gasteiger partial charge is 0.379 e. The van der Waals surface area contributed by atoms with Gasteiger partial charge in [-0.05, 0) is 25.3 Å². The van der Waals surface area contributed by atoms with E-state index in [1.807, 2.05) is 37.3 Å². The maximum Gasteiger partial charge on any atom is 0.250 e. The van der Waals surface area contributed by atoms with Crippen molar-refractivity contribution in [3.8, 4) is 0 Å². The predicted molar refractivity (Wildman–Crippen MR) is 77.5 cm³/mol. The molecule has 0 aromatic heterocycles. The number of hydrogen-bond donors (Lipinski definition) is 1. The highest BCUT2D eigenvalue weighted by Crippen LogP contribution is 2.30. The maximum atomic E-state index is 12.8. The molecule has 0 radical (unpaired) electrons. The summed E-state index contributed by atoms with van der Waals surface area (Å²) in [5.74, 6) is -0.163. The summed E-state index contributed by atoms with van der Waals surface area (Å²) in [6, 6.07) is 8.79. The average Bonchev–Trinajstić information content (AvgIpc) is 2.51. The van der Waals surface area contributed by atoms with Crippen molar-refractivity contribution in [1.29, 1.82) is 0 Å². The van der Waals surface area contributed by atoms with Crippen LogP contribution in [0.1, 0.15) is 31.4 Å². The number of carbonyl (C=O) groups is 2. The molecular weight excluding hydrogens is 268 g/mol. The van der Waals surface area contributed by atoms with Gasteiger partial charge in [0.15, 0.2) is 0 Å². The minimum atomic E-state index is -0.591. The lowest BCUT2D eigenvalue weighted by Gasteiger charge is -2.46. The van der Waals surface area contributed by atoms with E-state index in [0.717, 1.165) is 25.0 Å². The molecule has 2 heterocycles. The van der Waals surface area contributed by atoms with Crippen LogP contribution in [0.4, 0.5) is 0 Å². The fourth-order valence-corrected chi connectivity index (χ4v) is 3.11. The highest BCUT2D eigenvalue weighted by molar-refractivity contribution is 5.96. The number of piperazine rings is 1. The summed E-state index contributed by atoms with van der Waals surface area (Å²) in [4.78, 5) is 26.6. The van der Waals surface area contributed by atoms with E-state index in [-0.39, 0.29) is 23.9 Å². The number of ether oxygens (including phenoxy) is 1. The highest BCUT2D eigenvalue weighted by atomic mass is 16.5.